The van der Waals surface area contributed by atoms with Crippen molar-refractivity contribution in [1.82, 2.24) is 14.9 Å². The molecule has 9 heteroatoms. The number of hydrogen-bond donors (Lipinski definition) is 1. The Labute approximate surface area is 187 Å². The summed E-state index contributed by atoms with van der Waals surface area (Å²) in [5, 5.41) is 3.68. The van der Waals surface area contributed by atoms with Crippen molar-refractivity contribution in [2.45, 2.75) is 31.3 Å². The number of rotatable bonds is 6. The zero-order valence-corrected chi connectivity index (χ0v) is 19.0. The molecule has 3 aromatic rings. The fourth-order valence-electron chi connectivity index (χ4n) is 3.70. The van der Waals surface area contributed by atoms with Gasteiger partial charge in [-0.05, 0) is 42.9 Å². The number of carbonyl (C=O) groups excluding carboxylic acids is 2. The lowest BCUT2D eigenvalue weighted by Crippen LogP contribution is -2.31. The Morgan fingerprint density at radius 2 is 2.10 bits per heavy atom. The number of nitrogens with one attached hydrogen (secondary N) is 1. The van der Waals surface area contributed by atoms with Gasteiger partial charge in [0.25, 0.3) is 5.56 Å². The van der Waals surface area contributed by atoms with E-state index >= 15 is 0 Å². The average molecular weight is 458 g/mol. The molecule has 2 heterocycles. The highest BCUT2D eigenvalue weighted by molar-refractivity contribution is 7.99. The number of thiophene rings is 1. The van der Waals surface area contributed by atoms with Crippen LogP contribution in [0.15, 0.2) is 40.3 Å². The zero-order valence-electron chi connectivity index (χ0n) is 17.3. The Balaban J connectivity index is 1.72. The molecule has 0 saturated carbocycles. The van der Waals surface area contributed by atoms with Crippen LogP contribution >= 0.6 is 23.1 Å². The van der Waals surface area contributed by atoms with E-state index < -0.39 is 5.97 Å². The van der Waals surface area contributed by atoms with Crippen LogP contribution in [0.5, 0.6) is 0 Å². The van der Waals surface area contributed by atoms with Gasteiger partial charge >= 0.3 is 5.97 Å². The molecule has 31 heavy (non-hydrogen) atoms. The molecule has 0 fully saturated rings. The first-order valence-corrected chi connectivity index (χ1v) is 11.9. The van der Waals surface area contributed by atoms with Crippen LogP contribution in [0.4, 0.5) is 0 Å². The van der Waals surface area contributed by atoms with Crippen molar-refractivity contribution >= 4 is 45.2 Å². The molecule has 1 unspecified atom stereocenters. The highest BCUT2D eigenvalue weighted by Crippen LogP contribution is 2.36. The van der Waals surface area contributed by atoms with Gasteiger partial charge in [-0.1, -0.05) is 36.9 Å². The Morgan fingerprint density at radius 1 is 1.32 bits per heavy atom. The third-order valence-corrected chi connectivity index (χ3v) is 7.39. The summed E-state index contributed by atoms with van der Waals surface area (Å²) >= 11 is 2.77. The second-order valence-electron chi connectivity index (χ2n) is 7.54. The van der Waals surface area contributed by atoms with Crippen LogP contribution in [0, 0.1) is 5.92 Å². The number of aromatic nitrogens is 2. The molecule has 162 valence electrons. The Morgan fingerprint density at radius 3 is 2.84 bits per heavy atom. The van der Waals surface area contributed by atoms with E-state index in [-0.39, 0.29) is 23.8 Å². The molecule has 1 amide bonds. The third kappa shape index (κ3) is 4.52. The molecule has 1 aliphatic rings. The molecule has 0 aliphatic heterocycles. The van der Waals surface area contributed by atoms with Gasteiger partial charge < -0.3 is 10.1 Å². The summed E-state index contributed by atoms with van der Waals surface area (Å²) in [6.07, 6.45) is 2.94. The number of amides is 1. The summed E-state index contributed by atoms with van der Waals surface area (Å²) in [6, 6.07) is 9.35. The zero-order chi connectivity index (χ0) is 22.0. The van der Waals surface area contributed by atoms with Crippen LogP contribution in [0.1, 0.15) is 23.8 Å². The average Bonchev–Trinajstić information content (AvgIpc) is 3.14. The Hall–Kier alpha value is -2.65. The van der Waals surface area contributed by atoms with Crippen molar-refractivity contribution in [2.75, 3.05) is 19.4 Å². The van der Waals surface area contributed by atoms with Gasteiger partial charge in [-0.3, -0.25) is 19.0 Å². The Bertz CT molecular complexity index is 1190. The van der Waals surface area contributed by atoms with Crippen LogP contribution in [0.3, 0.4) is 0 Å². The summed E-state index contributed by atoms with van der Waals surface area (Å²) in [5.74, 6) is -0.213. The number of ether oxygens (including phenoxy) is 1. The summed E-state index contributed by atoms with van der Waals surface area (Å²) in [5.41, 5.74) is 1.75. The fourth-order valence-corrected chi connectivity index (χ4v) is 5.96. The lowest BCUT2D eigenvalue weighted by Gasteiger charge is -2.17. The lowest BCUT2D eigenvalue weighted by molar-refractivity contribution is -0.140. The van der Waals surface area contributed by atoms with Crippen LogP contribution < -0.4 is 10.9 Å². The first-order valence-electron chi connectivity index (χ1n) is 10.1. The van der Waals surface area contributed by atoms with Crippen molar-refractivity contribution in [3.63, 3.8) is 0 Å². The van der Waals surface area contributed by atoms with Crippen molar-refractivity contribution in [3.05, 3.63) is 51.1 Å². The molecule has 0 spiro atoms. The second kappa shape index (κ2) is 9.23. The van der Waals surface area contributed by atoms with Crippen molar-refractivity contribution < 1.29 is 14.3 Å². The minimum absolute atomic E-state index is 0.0316. The number of benzene rings is 1. The topological polar surface area (TPSA) is 90.3 Å². The van der Waals surface area contributed by atoms with Gasteiger partial charge in [-0.2, -0.15) is 0 Å². The van der Waals surface area contributed by atoms with Crippen molar-refractivity contribution in [2.24, 2.45) is 5.92 Å². The van der Waals surface area contributed by atoms with Crippen LogP contribution in [0.2, 0.25) is 0 Å². The summed E-state index contributed by atoms with van der Waals surface area (Å²) in [6.45, 7) is 2.04. The maximum atomic E-state index is 13.6. The van der Waals surface area contributed by atoms with Crippen LogP contribution in [-0.2, 0) is 27.2 Å². The first-order chi connectivity index (χ1) is 15.0. The molecule has 2 aromatic heterocycles. The molecule has 4 rings (SSSR count). The summed E-state index contributed by atoms with van der Waals surface area (Å²) in [7, 11) is 1.27. The van der Waals surface area contributed by atoms with Gasteiger partial charge in [0.2, 0.25) is 5.91 Å². The Kier molecular flexibility index (Phi) is 6.43. The van der Waals surface area contributed by atoms with E-state index in [2.05, 4.69) is 17.0 Å². The SMILES string of the molecule is COC(=O)CNC(=O)CSc1nc2sc3c(c2c(=O)n1-c1ccccc1)CCC(C)C3. The molecule has 0 radical (unpaired) electrons. The molecule has 1 aliphatic carbocycles. The van der Waals surface area contributed by atoms with Gasteiger partial charge in [-0.25, -0.2) is 4.98 Å². The van der Waals surface area contributed by atoms with Crippen LogP contribution in [0.25, 0.3) is 15.9 Å². The number of thioether (sulfide) groups is 1. The number of methoxy groups -OCH3 is 1. The van der Waals surface area contributed by atoms with Crippen molar-refractivity contribution in [1.29, 1.82) is 0 Å². The maximum absolute atomic E-state index is 13.6. The molecular formula is C22H23N3O4S2. The first kappa shape index (κ1) is 21.6. The summed E-state index contributed by atoms with van der Waals surface area (Å²) in [4.78, 5) is 43.8. The monoisotopic (exact) mass is 457 g/mol. The highest BCUT2D eigenvalue weighted by Gasteiger charge is 2.25. The molecule has 0 saturated heterocycles. The number of carbonyl (C=O) groups is 2. The fraction of sp³-hybridized carbons (Fsp3) is 0.364. The number of esters is 1. The van der Waals surface area contributed by atoms with Gasteiger partial charge in [0, 0.05) is 4.88 Å². The van der Waals surface area contributed by atoms with E-state index in [1.54, 1.807) is 15.9 Å². The quantitative estimate of drug-likeness (QED) is 0.348. The normalized spacial score (nSPS) is 15.5. The molecule has 1 N–H and O–H groups in total. The number of hydrogen-bond acceptors (Lipinski definition) is 7. The standard InChI is InChI=1S/C22H23N3O4S2/c1-13-8-9-15-16(10-13)31-20-19(15)21(28)25(14-6-4-3-5-7-14)22(24-20)30-12-17(26)23-11-18(27)29-2/h3-7,13H,8-12H2,1-2H3,(H,23,26). The number of nitrogens with zero attached hydrogens (tertiary/aromatic N) is 2. The molecular weight excluding hydrogens is 434 g/mol. The van der Waals surface area contributed by atoms with E-state index in [0.29, 0.717) is 22.1 Å². The lowest BCUT2D eigenvalue weighted by atomic mass is 9.89. The third-order valence-electron chi connectivity index (χ3n) is 5.30. The van der Waals surface area contributed by atoms with Gasteiger partial charge in [0.1, 0.15) is 11.4 Å². The predicted octanol–water partition coefficient (Wildman–Crippen LogP) is 2.95. The summed E-state index contributed by atoms with van der Waals surface area (Å²) < 4.78 is 6.12. The van der Waals surface area contributed by atoms with Gasteiger partial charge in [0.15, 0.2) is 5.16 Å². The maximum Gasteiger partial charge on any atom is 0.325 e. The second-order valence-corrected chi connectivity index (χ2v) is 9.57. The van der Waals surface area contributed by atoms with E-state index in [4.69, 9.17) is 4.98 Å². The van der Waals surface area contributed by atoms with E-state index in [1.165, 1.54) is 23.7 Å². The molecule has 7 nitrogen and oxygen atoms in total. The number of fused-ring (bicyclic) bond motifs is 3. The minimum atomic E-state index is -0.516. The minimum Gasteiger partial charge on any atom is -0.468 e. The van der Waals surface area contributed by atoms with Gasteiger partial charge in [0.05, 0.1) is 23.9 Å². The largest absolute Gasteiger partial charge is 0.468 e. The molecule has 0 bridgehead atoms. The molecule has 1 aromatic carbocycles. The van der Waals surface area contributed by atoms with Gasteiger partial charge in [-0.15, -0.1) is 11.3 Å². The van der Waals surface area contributed by atoms with E-state index in [1.807, 2.05) is 30.3 Å². The number of para-hydroxylation sites is 1. The smallest absolute Gasteiger partial charge is 0.325 e. The van der Waals surface area contributed by atoms with E-state index in [0.717, 1.165) is 29.7 Å². The highest BCUT2D eigenvalue weighted by atomic mass is 32.2. The molecule has 1 atom stereocenters. The van der Waals surface area contributed by atoms with E-state index in [9.17, 15) is 14.4 Å². The van der Waals surface area contributed by atoms with Crippen LogP contribution in [-0.4, -0.2) is 40.8 Å². The number of aryl methyl sites for hydroxylation is 1. The predicted molar refractivity (Wildman–Crippen MR) is 122 cm³/mol. The van der Waals surface area contributed by atoms with Crippen molar-refractivity contribution in [3.8, 4) is 5.69 Å².